The van der Waals surface area contributed by atoms with E-state index < -0.39 is 21.5 Å². The number of nitrogens with zero attached hydrogens (tertiary/aromatic N) is 4. The molecule has 0 aliphatic rings. The highest BCUT2D eigenvalue weighted by Crippen LogP contribution is 1.87. The fourth-order valence-corrected chi connectivity index (χ4v) is 0.410. The topological polar surface area (TPSA) is 151 Å². The molecule has 0 saturated carbocycles. The van der Waals surface area contributed by atoms with Gasteiger partial charge >= 0.3 is 11.7 Å². The molecule has 0 aromatic heterocycles. The number of oxime groups is 2. The van der Waals surface area contributed by atoms with Crippen molar-refractivity contribution >= 4 is 11.7 Å². The summed E-state index contributed by atoms with van der Waals surface area (Å²) in [6.07, 6.45) is 1.02. The SMILES string of the molecule is O=[N+]([O-])C(/C=C/C(=N/O)[N+](=O)[O-])=N\O. The standard InChI is InChI=1S/C4H4N4O6/c9-5-3(7(11)12)1-2-4(6-10)8(13)14/h1-2,9-10H/b2-1+,5-3-,6-4-. The largest absolute Gasteiger partial charge is 0.409 e. The molecular weight excluding hydrogens is 200 g/mol. The molecule has 10 heteroatoms. The van der Waals surface area contributed by atoms with Crippen LogP contribution in [0.1, 0.15) is 0 Å². The summed E-state index contributed by atoms with van der Waals surface area (Å²) in [5, 5.41) is 40.5. The first-order valence-electron chi connectivity index (χ1n) is 2.94. The molecule has 0 spiro atoms. The lowest BCUT2D eigenvalue weighted by Gasteiger charge is -1.89. The summed E-state index contributed by atoms with van der Waals surface area (Å²) in [7, 11) is 0. The van der Waals surface area contributed by atoms with Gasteiger partial charge in [-0.1, -0.05) is 0 Å². The van der Waals surface area contributed by atoms with E-state index in [4.69, 9.17) is 10.4 Å². The lowest BCUT2D eigenvalue weighted by molar-refractivity contribution is -0.352. The van der Waals surface area contributed by atoms with Crippen molar-refractivity contribution in [2.75, 3.05) is 0 Å². The minimum Gasteiger partial charge on any atom is -0.358 e. The summed E-state index contributed by atoms with van der Waals surface area (Å²) in [6.45, 7) is 0. The Hall–Kier alpha value is -2.52. The van der Waals surface area contributed by atoms with Gasteiger partial charge in [-0.05, 0) is 9.85 Å². The molecule has 14 heavy (non-hydrogen) atoms. The molecule has 0 unspecified atom stereocenters. The lowest BCUT2D eigenvalue weighted by Crippen LogP contribution is -2.12. The van der Waals surface area contributed by atoms with Gasteiger partial charge < -0.3 is 30.6 Å². The zero-order chi connectivity index (χ0) is 11.1. The molecule has 2 N–H and O–H groups in total. The second kappa shape index (κ2) is 5.18. The highest BCUT2D eigenvalue weighted by molar-refractivity contribution is 5.94. The Labute approximate surface area is 75.7 Å². The van der Waals surface area contributed by atoms with Gasteiger partial charge in [0.05, 0.1) is 0 Å². The Balaban J connectivity index is 4.74. The number of rotatable bonds is 2. The van der Waals surface area contributed by atoms with E-state index >= 15 is 0 Å². The Kier molecular flexibility index (Phi) is 4.25. The van der Waals surface area contributed by atoms with Crippen molar-refractivity contribution in [3.8, 4) is 0 Å². The van der Waals surface area contributed by atoms with Crippen molar-refractivity contribution in [3.63, 3.8) is 0 Å². The van der Waals surface area contributed by atoms with E-state index in [1.807, 2.05) is 0 Å². The Morgan fingerprint density at radius 1 is 1.00 bits per heavy atom. The predicted molar refractivity (Wildman–Crippen MR) is 41.6 cm³/mol. The summed E-state index contributed by atoms with van der Waals surface area (Å²) in [6, 6.07) is 0. The summed E-state index contributed by atoms with van der Waals surface area (Å²) in [5.41, 5.74) is 0. The van der Waals surface area contributed by atoms with Crippen LogP contribution in [0, 0.1) is 20.2 Å². The molecule has 0 atom stereocenters. The molecule has 0 aliphatic heterocycles. The van der Waals surface area contributed by atoms with Gasteiger partial charge in [0.15, 0.2) is 10.3 Å². The Morgan fingerprint density at radius 3 is 1.43 bits per heavy atom. The van der Waals surface area contributed by atoms with E-state index in [0.29, 0.717) is 12.2 Å². The summed E-state index contributed by atoms with van der Waals surface area (Å²) in [5.74, 6) is -2.04. The zero-order valence-electron chi connectivity index (χ0n) is 6.47. The Morgan fingerprint density at radius 2 is 1.29 bits per heavy atom. The minimum absolute atomic E-state index is 0.512. The molecule has 0 aromatic rings. The van der Waals surface area contributed by atoms with Gasteiger partial charge in [-0.2, -0.15) is 0 Å². The second-order valence-corrected chi connectivity index (χ2v) is 1.76. The van der Waals surface area contributed by atoms with E-state index in [9.17, 15) is 20.2 Å². The third-order valence-electron chi connectivity index (χ3n) is 0.961. The average Bonchev–Trinajstić information content (AvgIpc) is 2.11. The fourth-order valence-electron chi connectivity index (χ4n) is 0.410. The summed E-state index contributed by atoms with van der Waals surface area (Å²) < 4.78 is 0. The first kappa shape index (κ1) is 11.5. The molecule has 0 fully saturated rings. The normalized spacial score (nSPS) is 13.1. The molecule has 0 bridgehead atoms. The van der Waals surface area contributed by atoms with Crippen LogP contribution in [0.2, 0.25) is 0 Å². The van der Waals surface area contributed by atoms with E-state index in [0.717, 1.165) is 0 Å². The smallest absolute Gasteiger partial charge is 0.358 e. The van der Waals surface area contributed by atoms with Crippen molar-refractivity contribution in [3.05, 3.63) is 32.4 Å². The molecule has 76 valence electrons. The average molecular weight is 204 g/mol. The molecule has 0 heterocycles. The number of hydrogen-bond donors (Lipinski definition) is 2. The van der Waals surface area contributed by atoms with E-state index in [1.54, 1.807) is 0 Å². The van der Waals surface area contributed by atoms with Crippen LogP contribution in [-0.4, -0.2) is 31.9 Å². The van der Waals surface area contributed by atoms with Gasteiger partial charge in [-0.15, -0.1) is 0 Å². The van der Waals surface area contributed by atoms with Crippen molar-refractivity contribution in [2.24, 2.45) is 10.3 Å². The van der Waals surface area contributed by atoms with Crippen molar-refractivity contribution in [1.29, 1.82) is 0 Å². The first-order valence-corrected chi connectivity index (χ1v) is 2.94. The Bertz CT molecular complexity index is 299. The molecule has 0 radical (unpaired) electrons. The number of nitro groups is 2. The van der Waals surface area contributed by atoms with Gasteiger partial charge in [0, 0.05) is 12.2 Å². The van der Waals surface area contributed by atoms with E-state index in [1.165, 1.54) is 0 Å². The lowest BCUT2D eigenvalue weighted by atomic mass is 10.4. The van der Waals surface area contributed by atoms with Crippen molar-refractivity contribution in [1.82, 2.24) is 0 Å². The maximum absolute atomic E-state index is 9.99. The highest BCUT2D eigenvalue weighted by atomic mass is 16.6. The monoisotopic (exact) mass is 204 g/mol. The van der Waals surface area contributed by atoms with E-state index in [-0.39, 0.29) is 0 Å². The van der Waals surface area contributed by atoms with Gasteiger partial charge in [0.25, 0.3) is 0 Å². The van der Waals surface area contributed by atoms with Gasteiger partial charge in [0.2, 0.25) is 0 Å². The van der Waals surface area contributed by atoms with Gasteiger partial charge in [0.1, 0.15) is 0 Å². The molecule has 0 aliphatic carbocycles. The summed E-state index contributed by atoms with van der Waals surface area (Å²) >= 11 is 0. The van der Waals surface area contributed by atoms with Crippen LogP contribution in [0.25, 0.3) is 0 Å². The van der Waals surface area contributed by atoms with Crippen LogP contribution in [0.4, 0.5) is 0 Å². The zero-order valence-corrected chi connectivity index (χ0v) is 6.47. The van der Waals surface area contributed by atoms with Crippen LogP contribution in [0.15, 0.2) is 22.5 Å². The number of hydrogen-bond acceptors (Lipinski definition) is 8. The highest BCUT2D eigenvalue weighted by Gasteiger charge is 2.13. The molecule has 0 saturated heterocycles. The quantitative estimate of drug-likeness (QED) is 0.206. The fraction of sp³-hybridized carbons (Fsp3) is 0. The van der Waals surface area contributed by atoms with Crippen LogP contribution in [-0.2, 0) is 0 Å². The van der Waals surface area contributed by atoms with E-state index in [2.05, 4.69) is 10.3 Å². The van der Waals surface area contributed by atoms with Crippen molar-refractivity contribution in [2.45, 2.75) is 0 Å². The number of amidine groups is 2. The van der Waals surface area contributed by atoms with Crippen LogP contribution in [0.5, 0.6) is 0 Å². The third-order valence-corrected chi connectivity index (χ3v) is 0.961. The molecular formula is C4H4N4O6. The van der Waals surface area contributed by atoms with Crippen molar-refractivity contribution < 1.29 is 20.3 Å². The molecule has 10 nitrogen and oxygen atoms in total. The van der Waals surface area contributed by atoms with Crippen LogP contribution >= 0.6 is 0 Å². The molecule has 0 amide bonds. The second-order valence-electron chi connectivity index (χ2n) is 1.76. The maximum Gasteiger partial charge on any atom is 0.409 e. The minimum atomic E-state index is -1.08. The third kappa shape index (κ3) is 3.25. The van der Waals surface area contributed by atoms with Gasteiger partial charge in [-0.3, -0.25) is 0 Å². The van der Waals surface area contributed by atoms with Crippen LogP contribution < -0.4 is 0 Å². The predicted octanol–water partition coefficient (Wildman–Crippen LogP) is -0.329. The molecule has 0 aromatic carbocycles. The van der Waals surface area contributed by atoms with Crippen LogP contribution in [0.3, 0.4) is 0 Å². The van der Waals surface area contributed by atoms with Gasteiger partial charge in [-0.25, -0.2) is 0 Å². The maximum atomic E-state index is 9.99. The summed E-state index contributed by atoms with van der Waals surface area (Å²) in [4.78, 5) is 17.8. The first-order chi connectivity index (χ1) is 6.52. The molecule has 0 rings (SSSR count).